The van der Waals surface area contributed by atoms with Gasteiger partial charge in [-0.25, -0.2) is 4.98 Å². The molecule has 4 heterocycles. The average molecular weight is 314 g/mol. The Morgan fingerprint density at radius 1 is 1.36 bits per heavy atom. The minimum absolute atomic E-state index is 0.550. The Morgan fingerprint density at radius 3 is 3.18 bits per heavy atom. The standard InChI is InChI=1S/C16H18N4OS/c1-4-14(11-20-8-3-6-17-20)19(7-1)10-13-12-22-16(18-13)15-5-2-9-21-15/h2-3,5-6,8-9,12,14H,1,4,7,10-11H2/t14-/m1/s1. The summed E-state index contributed by atoms with van der Waals surface area (Å²) in [4.78, 5) is 7.22. The first-order chi connectivity index (χ1) is 10.9. The highest BCUT2D eigenvalue weighted by atomic mass is 32.1. The van der Waals surface area contributed by atoms with Gasteiger partial charge < -0.3 is 4.42 Å². The van der Waals surface area contributed by atoms with E-state index in [0.717, 1.165) is 36.1 Å². The molecule has 4 rings (SSSR count). The van der Waals surface area contributed by atoms with Gasteiger partial charge in [0.2, 0.25) is 0 Å². The number of aromatic nitrogens is 3. The normalized spacial score (nSPS) is 19.0. The van der Waals surface area contributed by atoms with Gasteiger partial charge in [0.25, 0.3) is 0 Å². The summed E-state index contributed by atoms with van der Waals surface area (Å²) < 4.78 is 7.44. The maximum atomic E-state index is 5.42. The van der Waals surface area contributed by atoms with Crippen LogP contribution in [0.15, 0.2) is 46.7 Å². The number of likely N-dealkylation sites (tertiary alicyclic amines) is 1. The minimum atomic E-state index is 0.550. The Labute approximate surface area is 133 Å². The van der Waals surface area contributed by atoms with Gasteiger partial charge in [-0.3, -0.25) is 9.58 Å². The van der Waals surface area contributed by atoms with Crippen LogP contribution in [0.4, 0.5) is 0 Å². The molecule has 5 nitrogen and oxygen atoms in total. The van der Waals surface area contributed by atoms with Crippen LogP contribution in [0.2, 0.25) is 0 Å². The molecule has 0 N–H and O–H groups in total. The summed E-state index contributed by atoms with van der Waals surface area (Å²) >= 11 is 1.65. The molecule has 1 aliphatic heterocycles. The van der Waals surface area contributed by atoms with E-state index in [-0.39, 0.29) is 0 Å². The first-order valence-corrected chi connectivity index (χ1v) is 8.46. The molecule has 6 heteroatoms. The van der Waals surface area contributed by atoms with Crippen LogP contribution in [0.25, 0.3) is 10.8 Å². The van der Waals surface area contributed by atoms with Crippen LogP contribution in [-0.2, 0) is 13.1 Å². The summed E-state index contributed by atoms with van der Waals surface area (Å²) in [5, 5.41) is 7.42. The van der Waals surface area contributed by atoms with E-state index < -0.39 is 0 Å². The van der Waals surface area contributed by atoms with Crippen molar-refractivity contribution in [2.45, 2.75) is 32.0 Å². The molecular weight excluding hydrogens is 296 g/mol. The van der Waals surface area contributed by atoms with Gasteiger partial charge in [-0.05, 0) is 37.6 Å². The van der Waals surface area contributed by atoms with Gasteiger partial charge in [0.1, 0.15) is 0 Å². The molecule has 0 amide bonds. The molecule has 22 heavy (non-hydrogen) atoms. The van der Waals surface area contributed by atoms with E-state index in [2.05, 4.69) is 15.4 Å². The molecule has 0 unspecified atom stereocenters. The van der Waals surface area contributed by atoms with E-state index in [1.807, 2.05) is 35.3 Å². The quantitative estimate of drug-likeness (QED) is 0.725. The highest BCUT2D eigenvalue weighted by Crippen LogP contribution is 2.26. The third kappa shape index (κ3) is 2.84. The summed E-state index contributed by atoms with van der Waals surface area (Å²) in [5.41, 5.74) is 1.13. The molecule has 0 aromatic carbocycles. The van der Waals surface area contributed by atoms with Crippen molar-refractivity contribution in [3.05, 3.63) is 47.9 Å². The second kappa shape index (κ2) is 6.06. The van der Waals surface area contributed by atoms with E-state index in [0.29, 0.717) is 6.04 Å². The van der Waals surface area contributed by atoms with Crippen molar-refractivity contribution in [3.63, 3.8) is 0 Å². The molecule has 3 aromatic rings. The Balaban J connectivity index is 1.44. The lowest BCUT2D eigenvalue weighted by Gasteiger charge is -2.23. The maximum Gasteiger partial charge on any atom is 0.162 e. The van der Waals surface area contributed by atoms with Gasteiger partial charge in [0.15, 0.2) is 10.8 Å². The fraction of sp³-hybridized carbons (Fsp3) is 0.375. The molecule has 0 radical (unpaired) electrons. The molecule has 3 aromatic heterocycles. The average Bonchev–Trinajstić information content (AvgIpc) is 3.28. The van der Waals surface area contributed by atoms with Crippen LogP contribution in [-0.4, -0.2) is 32.3 Å². The van der Waals surface area contributed by atoms with E-state index in [4.69, 9.17) is 9.40 Å². The van der Waals surface area contributed by atoms with Gasteiger partial charge in [-0.1, -0.05) is 0 Å². The predicted molar refractivity (Wildman–Crippen MR) is 85.5 cm³/mol. The minimum Gasteiger partial charge on any atom is -0.462 e. The van der Waals surface area contributed by atoms with E-state index in [1.54, 1.807) is 17.6 Å². The molecule has 0 saturated carbocycles. The van der Waals surface area contributed by atoms with E-state index in [1.165, 1.54) is 12.8 Å². The van der Waals surface area contributed by atoms with Crippen LogP contribution < -0.4 is 0 Å². The molecule has 1 fully saturated rings. The van der Waals surface area contributed by atoms with Crippen LogP contribution >= 0.6 is 11.3 Å². The second-order valence-corrected chi connectivity index (χ2v) is 6.47. The number of rotatable bonds is 5. The van der Waals surface area contributed by atoms with Crippen LogP contribution in [0, 0.1) is 0 Å². The largest absolute Gasteiger partial charge is 0.462 e. The van der Waals surface area contributed by atoms with Gasteiger partial charge in [0, 0.05) is 30.4 Å². The first-order valence-electron chi connectivity index (χ1n) is 7.58. The van der Waals surface area contributed by atoms with Crippen molar-refractivity contribution in [1.82, 2.24) is 19.7 Å². The van der Waals surface area contributed by atoms with Crippen molar-refractivity contribution < 1.29 is 4.42 Å². The molecule has 0 bridgehead atoms. The van der Waals surface area contributed by atoms with Crippen molar-refractivity contribution in [1.29, 1.82) is 0 Å². The molecule has 1 aliphatic rings. The molecule has 1 saturated heterocycles. The van der Waals surface area contributed by atoms with Crippen LogP contribution in [0.1, 0.15) is 18.5 Å². The lowest BCUT2D eigenvalue weighted by Crippen LogP contribution is -2.32. The smallest absolute Gasteiger partial charge is 0.162 e. The summed E-state index contributed by atoms with van der Waals surface area (Å²) in [6.07, 6.45) is 8.05. The fourth-order valence-electron chi connectivity index (χ4n) is 3.04. The highest BCUT2D eigenvalue weighted by molar-refractivity contribution is 7.13. The first kappa shape index (κ1) is 13.7. The van der Waals surface area contributed by atoms with Crippen molar-refractivity contribution in [3.8, 4) is 10.8 Å². The van der Waals surface area contributed by atoms with Crippen LogP contribution in [0.3, 0.4) is 0 Å². The Bertz CT molecular complexity index is 704. The molecule has 0 spiro atoms. The highest BCUT2D eigenvalue weighted by Gasteiger charge is 2.25. The molecular formula is C16H18N4OS. The van der Waals surface area contributed by atoms with Gasteiger partial charge in [-0.2, -0.15) is 5.10 Å². The fourth-order valence-corrected chi connectivity index (χ4v) is 3.81. The SMILES string of the molecule is c1coc(-c2nc(CN3CCC[C@@H]3Cn3cccn3)cs2)c1. The molecule has 1 atom stereocenters. The predicted octanol–water partition coefficient (Wildman–Crippen LogP) is 3.26. The van der Waals surface area contributed by atoms with E-state index >= 15 is 0 Å². The van der Waals surface area contributed by atoms with Gasteiger partial charge >= 0.3 is 0 Å². The van der Waals surface area contributed by atoms with Gasteiger partial charge in [0.05, 0.1) is 18.5 Å². The third-order valence-electron chi connectivity index (χ3n) is 4.10. The van der Waals surface area contributed by atoms with Gasteiger partial charge in [-0.15, -0.1) is 11.3 Å². The van der Waals surface area contributed by atoms with Crippen molar-refractivity contribution in [2.24, 2.45) is 0 Å². The zero-order valence-corrected chi connectivity index (χ0v) is 13.1. The lowest BCUT2D eigenvalue weighted by atomic mass is 10.2. The lowest BCUT2D eigenvalue weighted by molar-refractivity contribution is 0.217. The zero-order valence-electron chi connectivity index (χ0n) is 12.3. The van der Waals surface area contributed by atoms with Crippen molar-refractivity contribution in [2.75, 3.05) is 6.54 Å². The Morgan fingerprint density at radius 2 is 2.36 bits per heavy atom. The summed E-state index contributed by atoms with van der Waals surface area (Å²) in [6.45, 7) is 3.00. The zero-order chi connectivity index (χ0) is 14.8. The summed E-state index contributed by atoms with van der Waals surface area (Å²) in [6, 6.07) is 6.39. The number of furan rings is 1. The second-order valence-electron chi connectivity index (χ2n) is 5.62. The molecule has 114 valence electrons. The Hall–Kier alpha value is -1.92. The van der Waals surface area contributed by atoms with Crippen molar-refractivity contribution >= 4 is 11.3 Å². The topological polar surface area (TPSA) is 47.1 Å². The Kier molecular flexibility index (Phi) is 3.78. The number of hydrogen-bond acceptors (Lipinski definition) is 5. The molecule has 0 aliphatic carbocycles. The number of thiazole rings is 1. The summed E-state index contributed by atoms with van der Waals surface area (Å²) in [7, 11) is 0. The number of nitrogens with zero attached hydrogens (tertiary/aromatic N) is 4. The maximum absolute atomic E-state index is 5.42. The third-order valence-corrected chi connectivity index (χ3v) is 5.01. The van der Waals surface area contributed by atoms with E-state index in [9.17, 15) is 0 Å². The summed E-state index contributed by atoms with van der Waals surface area (Å²) in [5.74, 6) is 0.853. The van der Waals surface area contributed by atoms with Crippen LogP contribution in [0.5, 0.6) is 0 Å². The monoisotopic (exact) mass is 314 g/mol. The number of hydrogen-bond donors (Lipinski definition) is 0.